The van der Waals surface area contributed by atoms with Crippen LogP contribution in [0.3, 0.4) is 0 Å². The van der Waals surface area contributed by atoms with Crippen molar-refractivity contribution >= 4 is 24.0 Å². The van der Waals surface area contributed by atoms with E-state index in [1.165, 1.54) is 5.56 Å². The van der Waals surface area contributed by atoms with Crippen molar-refractivity contribution in [3.8, 4) is 17.2 Å². The Bertz CT molecular complexity index is 633. The van der Waals surface area contributed by atoms with Crippen LogP contribution in [-0.2, 0) is 13.1 Å². The molecule has 0 spiro atoms. The molecule has 1 N–H and O–H groups in total. The molecule has 6 heteroatoms. The number of rotatable bonds is 8. The fraction of sp³-hybridized carbons (Fsp3) is 0.333. The van der Waals surface area contributed by atoms with Crippen LogP contribution in [0.2, 0.25) is 5.02 Å². The average molecular weight is 372 g/mol. The van der Waals surface area contributed by atoms with Crippen LogP contribution in [0.5, 0.6) is 17.2 Å². The predicted octanol–water partition coefficient (Wildman–Crippen LogP) is 4.47. The van der Waals surface area contributed by atoms with Gasteiger partial charge in [-0.25, -0.2) is 0 Å². The number of hydrogen-bond acceptors (Lipinski definition) is 4. The van der Waals surface area contributed by atoms with E-state index in [1.54, 1.807) is 20.3 Å². The maximum Gasteiger partial charge on any atom is 0.165 e. The van der Waals surface area contributed by atoms with E-state index in [9.17, 15) is 0 Å². The molecule has 0 fully saturated rings. The minimum atomic E-state index is 0. The normalized spacial score (nSPS) is 10.0. The molecule has 4 nitrogen and oxygen atoms in total. The van der Waals surface area contributed by atoms with E-state index in [0.29, 0.717) is 23.9 Å². The Morgan fingerprint density at radius 2 is 1.71 bits per heavy atom. The maximum atomic E-state index is 6.15. The molecule has 2 aromatic carbocycles. The molecule has 0 aromatic heterocycles. The lowest BCUT2D eigenvalue weighted by Crippen LogP contribution is -2.14. The Morgan fingerprint density at radius 3 is 2.29 bits per heavy atom. The number of ether oxygens (including phenoxy) is 3. The molecule has 0 bridgehead atoms. The minimum absolute atomic E-state index is 0. The summed E-state index contributed by atoms with van der Waals surface area (Å²) in [6.07, 6.45) is 0. The van der Waals surface area contributed by atoms with Crippen LogP contribution in [0.1, 0.15) is 18.1 Å². The van der Waals surface area contributed by atoms with Crippen molar-refractivity contribution in [2.75, 3.05) is 20.8 Å². The summed E-state index contributed by atoms with van der Waals surface area (Å²) in [6, 6.07) is 11.6. The Kier molecular flexibility index (Phi) is 8.76. The highest BCUT2D eigenvalue weighted by molar-refractivity contribution is 6.30. The smallest absolute Gasteiger partial charge is 0.165 e. The van der Waals surface area contributed by atoms with Gasteiger partial charge in [-0.05, 0) is 30.7 Å². The lowest BCUT2D eigenvalue weighted by atomic mass is 10.1. The van der Waals surface area contributed by atoms with Gasteiger partial charge < -0.3 is 19.5 Å². The zero-order chi connectivity index (χ0) is 16.7. The van der Waals surface area contributed by atoms with Gasteiger partial charge in [0.1, 0.15) is 5.75 Å². The highest BCUT2D eigenvalue weighted by Gasteiger charge is 2.12. The van der Waals surface area contributed by atoms with Gasteiger partial charge in [0.15, 0.2) is 11.5 Å². The van der Waals surface area contributed by atoms with Gasteiger partial charge >= 0.3 is 0 Å². The predicted molar refractivity (Wildman–Crippen MR) is 100.0 cm³/mol. The van der Waals surface area contributed by atoms with E-state index in [-0.39, 0.29) is 12.4 Å². The lowest BCUT2D eigenvalue weighted by Gasteiger charge is -2.15. The molecular formula is C18H23Cl2NO3. The molecule has 2 rings (SSSR count). The van der Waals surface area contributed by atoms with Crippen molar-refractivity contribution in [2.45, 2.75) is 20.0 Å². The van der Waals surface area contributed by atoms with Gasteiger partial charge in [0.2, 0.25) is 0 Å². The first-order valence-electron chi connectivity index (χ1n) is 7.50. The molecule has 2 aromatic rings. The fourth-order valence-electron chi connectivity index (χ4n) is 2.30. The summed E-state index contributed by atoms with van der Waals surface area (Å²) in [7, 11) is 3.28. The number of benzene rings is 2. The first-order chi connectivity index (χ1) is 11.2. The summed E-state index contributed by atoms with van der Waals surface area (Å²) in [4.78, 5) is 0. The Balaban J connectivity index is 0.00000288. The molecule has 132 valence electrons. The van der Waals surface area contributed by atoms with Gasteiger partial charge in [-0.2, -0.15) is 0 Å². The molecule has 0 atom stereocenters. The summed E-state index contributed by atoms with van der Waals surface area (Å²) in [6.45, 7) is 3.90. The second-order valence-electron chi connectivity index (χ2n) is 4.98. The van der Waals surface area contributed by atoms with E-state index in [0.717, 1.165) is 23.6 Å². The first kappa shape index (κ1) is 20.4. The molecular weight excluding hydrogens is 349 g/mol. The zero-order valence-electron chi connectivity index (χ0n) is 14.1. The van der Waals surface area contributed by atoms with Gasteiger partial charge in [-0.3, -0.25) is 0 Å². The fourth-order valence-corrected chi connectivity index (χ4v) is 2.53. The van der Waals surface area contributed by atoms with Crippen LogP contribution in [0.15, 0.2) is 36.4 Å². The standard InChI is InChI=1S/C18H22ClNO3.ClH/c1-4-23-18-14(9-15(19)10-17(18)22-3)12-20-11-13-5-7-16(21-2)8-6-13;/h5-10,20H,4,11-12H2,1-3H3;1H. The summed E-state index contributed by atoms with van der Waals surface area (Å²) in [5.74, 6) is 2.24. The molecule has 0 aliphatic rings. The third-order valence-electron chi connectivity index (χ3n) is 3.41. The summed E-state index contributed by atoms with van der Waals surface area (Å²) >= 11 is 6.15. The van der Waals surface area contributed by atoms with E-state index in [4.69, 9.17) is 25.8 Å². The third kappa shape index (κ3) is 5.48. The SMILES string of the molecule is CCOc1c(CNCc2ccc(OC)cc2)cc(Cl)cc1OC.Cl. The van der Waals surface area contributed by atoms with Crippen molar-refractivity contribution in [1.82, 2.24) is 5.32 Å². The van der Waals surface area contributed by atoms with Gasteiger partial charge in [0.05, 0.1) is 20.8 Å². The molecule has 0 saturated heterocycles. The number of halogens is 2. The van der Waals surface area contributed by atoms with Crippen LogP contribution in [0, 0.1) is 0 Å². The number of methoxy groups -OCH3 is 2. The van der Waals surface area contributed by atoms with Crippen LogP contribution in [0.4, 0.5) is 0 Å². The molecule has 0 aliphatic heterocycles. The van der Waals surface area contributed by atoms with Crippen molar-refractivity contribution in [3.05, 3.63) is 52.5 Å². The largest absolute Gasteiger partial charge is 0.497 e. The van der Waals surface area contributed by atoms with E-state index in [1.807, 2.05) is 37.3 Å². The van der Waals surface area contributed by atoms with Crippen molar-refractivity contribution in [3.63, 3.8) is 0 Å². The van der Waals surface area contributed by atoms with E-state index in [2.05, 4.69) is 5.32 Å². The van der Waals surface area contributed by atoms with Crippen LogP contribution in [-0.4, -0.2) is 20.8 Å². The zero-order valence-corrected chi connectivity index (χ0v) is 15.7. The van der Waals surface area contributed by atoms with Crippen LogP contribution >= 0.6 is 24.0 Å². The summed E-state index contributed by atoms with van der Waals surface area (Å²) in [5.41, 5.74) is 2.16. The van der Waals surface area contributed by atoms with Crippen LogP contribution < -0.4 is 19.5 Å². The first-order valence-corrected chi connectivity index (χ1v) is 7.88. The molecule has 0 aliphatic carbocycles. The number of nitrogens with one attached hydrogen (secondary N) is 1. The Hall–Kier alpha value is -1.62. The van der Waals surface area contributed by atoms with E-state index < -0.39 is 0 Å². The minimum Gasteiger partial charge on any atom is -0.497 e. The van der Waals surface area contributed by atoms with Gasteiger partial charge in [0.25, 0.3) is 0 Å². The highest BCUT2D eigenvalue weighted by atomic mass is 35.5. The highest BCUT2D eigenvalue weighted by Crippen LogP contribution is 2.34. The topological polar surface area (TPSA) is 39.7 Å². The quantitative estimate of drug-likeness (QED) is 0.742. The maximum absolute atomic E-state index is 6.15. The lowest BCUT2D eigenvalue weighted by molar-refractivity contribution is 0.307. The molecule has 24 heavy (non-hydrogen) atoms. The Labute approximate surface area is 154 Å². The second kappa shape index (κ2) is 10.3. The monoisotopic (exact) mass is 371 g/mol. The summed E-state index contributed by atoms with van der Waals surface area (Å²) < 4.78 is 16.2. The van der Waals surface area contributed by atoms with Crippen molar-refractivity contribution in [1.29, 1.82) is 0 Å². The number of hydrogen-bond donors (Lipinski definition) is 1. The molecule has 0 radical (unpaired) electrons. The van der Waals surface area contributed by atoms with E-state index >= 15 is 0 Å². The second-order valence-corrected chi connectivity index (χ2v) is 5.42. The molecule has 0 unspecified atom stereocenters. The molecule has 0 saturated carbocycles. The van der Waals surface area contributed by atoms with Gasteiger partial charge in [-0.1, -0.05) is 23.7 Å². The Morgan fingerprint density at radius 1 is 1.00 bits per heavy atom. The molecule has 0 heterocycles. The van der Waals surface area contributed by atoms with Crippen molar-refractivity contribution in [2.24, 2.45) is 0 Å². The average Bonchev–Trinajstić information content (AvgIpc) is 2.57. The third-order valence-corrected chi connectivity index (χ3v) is 3.63. The van der Waals surface area contributed by atoms with Gasteiger partial charge in [0, 0.05) is 29.7 Å². The summed E-state index contributed by atoms with van der Waals surface area (Å²) in [5, 5.41) is 4.03. The van der Waals surface area contributed by atoms with Gasteiger partial charge in [-0.15, -0.1) is 12.4 Å². The van der Waals surface area contributed by atoms with Crippen molar-refractivity contribution < 1.29 is 14.2 Å². The van der Waals surface area contributed by atoms with Crippen LogP contribution in [0.25, 0.3) is 0 Å². The molecule has 0 amide bonds.